The first kappa shape index (κ1) is 25.7. The predicted molar refractivity (Wildman–Crippen MR) is 137 cm³/mol. The van der Waals surface area contributed by atoms with E-state index < -0.39 is 12.2 Å². The van der Waals surface area contributed by atoms with Crippen molar-refractivity contribution in [3.8, 4) is 16.9 Å². The molecule has 0 saturated heterocycles. The number of halogens is 5. The van der Waals surface area contributed by atoms with Gasteiger partial charge in [-0.05, 0) is 22.3 Å². The Morgan fingerprint density at radius 1 is 0.743 bits per heavy atom. The Labute approximate surface area is 225 Å². The fraction of sp³-hybridized carbons (Fsp3) is 0.167. The van der Waals surface area contributed by atoms with Gasteiger partial charge in [0.1, 0.15) is 23.3 Å². The topological polar surface area (TPSA) is 73.9 Å². The third-order valence-electron chi connectivity index (χ3n) is 5.29. The maximum atomic E-state index is 12.2. The van der Waals surface area contributed by atoms with Gasteiger partial charge in [-0.15, -0.1) is 0 Å². The third kappa shape index (κ3) is 5.42. The Kier molecular flexibility index (Phi) is 8.19. The number of benzene rings is 3. The van der Waals surface area contributed by atoms with Crippen molar-refractivity contribution in [2.75, 3.05) is 19.8 Å². The summed E-state index contributed by atoms with van der Waals surface area (Å²) in [6, 6.07) is 16.0. The van der Waals surface area contributed by atoms with E-state index in [2.05, 4.69) is 17.4 Å². The predicted octanol–water partition coefficient (Wildman–Crippen LogP) is 8.01. The normalized spacial score (nSPS) is 12.0. The molecular formula is C24H16Cl5NO5. The number of alkyl carbamates (subject to hydrolysis) is 1. The van der Waals surface area contributed by atoms with Crippen LogP contribution in [0.1, 0.15) is 17.0 Å². The average Bonchev–Trinajstić information content (AvgIpc) is 3.19. The number of hydrogen-bond donors (Lipinski definition) is 1. The van der Waals surface area contributed by atoms with Gasteiger partial charge in [0.15, 0.2) is 5.75 Å². The van der Waals surface area contributed by atoms with Crippen molar-refractivity contribution in [1.82, 2.24) is 5.32 Å². The van der Waals surface area contributed by atoms with E-state index in [1.165, 1.54) is 0 Å². The van der Waals surface area contributed by atoms with E-state index in [-0.39, 0.29) is 56.5 Å². The fourth-order valence-electron chi connectivity index (χ4n) is 3.72. The molecule has 11 heteroatoms. The molecule has 0 spiro atoms. The zero-order valence-electron chi connectivity index (χ0n) is 17.7. The average molecular weight is 576 g/mol. The molecule has 0 heterocycles. The van der Waals surface area contributed by atoms with Crippen LogP contribution in [-0.4, -0.2) is 32.0 Å². The van der Waals surface area contributed by atoms with Gasteiger partial charge in [-0.1, -0.05) is 107 Å². The highest BCUT2D eigenvalue weighted by Gasteiger charge is 2.29. The molecule has 6 nitrogen and oxygen atoms in total. The van der Waals surface area contributed by atoms with Gasteiger partial charge < -0.3 is 19.5 Å². The van der Waals surface area contributed by atoms with Crippen molar-refractivity contribution < 1.29 is 23.8 Å². The van der Waals surface area contributed by atoms with Crippen molar-refractivity contribution in [2.24, 2.45) is 0 Å². The molecule has 0 fully saturated rings. The molecule has 0 unspecified atom stereocenters. The summed E-state index contributed by atoms with van der Waals surface area (Å²) in [5.41, 5.74) is 4.47. The summed E-state index contributed by atoms with van der Waals surface area (Å²) >= 11 is 29.8. The highest BCUT2D eigenvalue weighted by Crippen LogP contribution is 2.48. The molecule has 1 aliphatic carbocycles. The number of hydrogen-bond acceptors (Lipinski definition) is 5. The number of rotatable bonds is 6. The van der Waals surface area contributed by atoms with Gasteiger partial charge in [0, 0.05) is 5.92 Å². The Hall–Kier alpha value is -2.35. The van der Waals surface area contributed by atoms with E-state index in [0.717, 1.165) is 22.3 Å². The molecule has 0 atom stereocenters. The van der Waals surface area contributed by atoms with Gasteiger partial charge in [0.05, 0.1) is 21.6 Å². The minimum Gasteiger partial charge on any atom is -0.449 e. The van der Waals surface area contributed by atoms with Crippen LogP contribution in [0.2, 0.25) is 25.1 Å². The maximum Gasteiger partial charge on any atom is 0.514 e. The van der Waals surface area contributed by atoms with Crippen molar-refractivity contribution in [2.45, 2.75) is 5.92 Å². The Bertz CT molecular complexity index is 1220. The fourth-order valence-corrected chi connectivity index (χ4v) is 4.92. The molecule has 0 bridgehead atoms. The van der Waals surface area contributed by atoms with E-state index in [4.69, 9.17) is 72.2 Å². The molecule has 35 heavy (non-hydrogen) atoms. The molecule has 3 aromatic carbocycles. The lowest BCUT2D eigenvalue weighted by molar-refractivity contribution is 0.0969. The van der Waals surface area contributed by atoms with E-state index in [1.54, 1.807) is 0 Å². The lowest BCUT2D eigenvalue weighted by Gasteiger charge is -2.15. The summed E-state index contributed by atoms with van der Waals surface area (Å²) in [7, 11) is 0. The number of carbonyl (C=O) groups excluding carboxylic acids is 2. The summed E-state index contributed by atoms with van der Waals surface area (Å²) in [5.74, 6) is -0.353. The van der Waals surface area contributed by atoms with E-state index >= 15 is 0 Å². The van der Waals surface area contributed by atoms with Gasteiger partial charge >= 0.3 is 12.2 Å². The van der Waals surface area contributed by atoms with Crippen LogP contribution in [0.3, 0.4) is 0 Å². The number of carbonyl (C=O) groups is 2. The van der Waals surface area contributed by atoms with Gasteiger partial charge in [0.25, 0.3) is 0 Å². The van der Waals surface area contributed by atoms with Crippen LogP contribution in [0.15, 0.2) is 48.5 Å². The largest absolute Gasteiger partial charge is 0.514 e. The molecule has 1 aliphatic rings. The highest BCUT2D eigenvalue weighted by molar-refractivity contribution is 6.55. The van der Waals surface area contributed by atoms with Gasteiger partial charge in [0.2, 0.25) is 0 Å². The lowest BCUT2D eigenvalue weighted by Crippen LogP contribution is -2.30. The minimum atomic E-state index is -1.13. The molecule has 0 radical (unpaired) electrons. The molecule has 0 aliphatic heterocycles. The van der Waals surface area contributed by atoms with Crippen molar-refractivity contribution in [3.63, 3.8) is 0 Å². The molecule has 0 aromatic heterocycles. The number of amides is 1. The minimum absolute atomic E-state index is 0.0185. The number of nitrogens with one attached hydrogen (secondary N) is 1. The van der Waals surface area contributed by atoms with Crippen LogP contribution in [-0.2, 0) is 9.47 Å². The van der Waals surface area contributed by atoms with Gasteiger partial charge in [-0.2, -0.15) is 0 Å². The van der Waals surface area contributed by atoms with Crippen LogP contribution in [0, 0.1) is 0 Å². The van der Waals surface area contributed by atoms with Crippen LogP contribution in [0.5, 0.6) is 5.75 Å². The van der Waals surface area contributed by atoms with Gasteiger partial charge in [-0.25, -0.2) is 9.59 Å². The number of fused-ring (bicyclic) bond motifs is 3. The molecule has 1 N–H and O–H groups in total. The maximum absolute atomic E-state index is 12.2. The van der Waals surface area contributed by atoms with Crippen molar-refractivity contribution >= 4 is 70.3 Å². The van der Waals surface area contributed by atoms with E-state index in [9.17, 15) is 9.59 Å². The zero-order chi connectivity index (χ0) is 25.1. The van der Waals surface area contributed by atoms with Crippen LogP contribution >= 0.6 is 58.0 Å². The Morgan fingerprint density at radius 2 is 1.26 bits per heavy atom. The third-order valence-corrected chi connectivity index (χ3v) is 7.53. The second kappa shape index (κ2) is 11.1. The van der Waals surface area contributed by atoms with E-state index in [1.807, 2.05) is 36.4 Å². The smallest absolute Gasteiger partial charge is 0.449 e. The first-order valence-corrected chi connectivity index (χ1v) is 12.1. The summed E-state index contributed by atoms with van der Waals surface area (Å²) in [5, 5.41) is 1.81. The van der Waals surface area contributed by atoms with Crippen LogP contribution in [0.4, 0.5) is 9.59 Å². The summed E-state index contributed by atoms with van der Waals surface area (Å²) < 4.78 is 15.3. The molecule has 1 amide bonds. The van der Waals surface area contributed by atoms with Crippen LogP contribution < -0.4 is 10.1 Å². The standard InChI is InChI=1S/C24H16Cl5NO5/c25-17-18(26)20(28)22(21(29)19(17)27)35-24(32)33-10-9-30-23(31)34-11-16-14-7-3-1-5-12(14)13-6-2-4-8-15(13)16/h1-8,16H,9-11H2,(H,30,31). The first-order valence-electron chi connectivity index (χ1n) is 10.2. The quantitative estimate of drug-likeness (QED) is 0.106. The lowest BCUT2D eigenvalue weighted by atomic mass is 9.98. The summed E-state index contributed by atoms with van der Waals surface area (Å²) in [6.45, 7) is -0.0550. The summed E-state index contributed by atoms with van der Waals surface area (Å²) in [6.07, 6.45) is -1.77. The monoisotopic (exact) mass is 573 g/mol. The SMILES string of the molecule is O=C(NCCOC(=O)Oc1c(Cl)c(Cl)c(Cl)c(Cl)c1Cl)OCC1c2ccccc2-c2ccccc21. The second-order valence-corrected chi connectivity index (χ2v) is 9.24. The van der Waals surface area contributed by atoms with Crippen LogP contribution in [0.25, 0.3) is 11.1 Å². The second-order valence-electron chi connectivity index (χ2n) is 7.35. The molecular weight excluding hydrogens is 560 g/mol. The number of ether oxygens (including phenoxy) is 3. The Balaban J connectivity index is 1.25. The first-order chi connectivity index (χ1) is 16.8. The summed E-state index contributed by atoms with van der Waals surface area (Å²) in [4.78, 5) is 24.2. The molecule has 3 aromatic rings. The van der Waals surface area contributed by atoms with Crippen molar-refractivity contribution in [1.29, 1.82) is 0 Å². The zero-order valence-corrected chi connectivity index (χ0v) is 21.5. The molecule has 0 saturated carbocycles. The van der Waals surface area contributed by atoms with E-state index in [0.29, 0.717) is 0 Å². The highest BCUT2D eigenvalue weighted by atomic mass is 35.5. The van der Waals surface area contributed by atoms with Gasteiger partial charge in [-0.3, -0.25) is 0 Å². The Morgan fingerprint density at radius 3 is 1.83 bits per heavy atom. The molecule has 4 rings (SSSR count). The van der Waals surface area contributed by atoms with Crippen molar-refractivity contribution in [3.05, 3.63) is 84.8 Å². The molecule has 182 valence electrons.